The molecule has 5 nitrogen and oxygen atoms in total. The maximum atomic E-state index is 12.1. The van der Waals surface area contributed by atoms with E-state index in [1.165, 1.54) is 12.0 Å². The molecule has 1 aliphatic heterocycles. The number of ether oxygens (including phenoxy) is 2. The highest BCUT2D eigenvalue weighted by Gasteiger charge is 2.56. The molecule has 18 heavy (non-hydrogen) atoms. The molecule has 1 spiro atoms. The van der Waals surface area contributed by atoms with Gasteiger partial charge in [0, 0.05) is 6.54 Å². The molecule has 0 radical (unpaired) electrons. The number of hydrogen-bond donors (Lipinski definition) is 0. The molecule has 0 unspecified atom stereocenters. The lowest BCUT2D eigenvalue weighted by molar-refractivity contribution is -0.145. The first kappa shape index (κ1) is 13.2. The van der Waals surface area contributed by atoms with Crippen molar-refractivity contribution in [2.45, 2.75) is 51.7 Å². The average molecular weight is 255 g/mol. The lowest BCUT2D eigenvalue weighted by atomic mass is 10.0. The van der Waals surface area contributed by atoms with Crippen LogP contribution in [-0.4, -0.2) is 42.3 Å². The fourth-order valence-corrected chi connectivity index (χ4v) is 2.45. The predicted molar refractivity (Wildman–Crippen MR) is 65.0 cm³/mol. The van der Waals surface area contributed by atoms with Crippen LogP contribution in [0.5, 0.6) is 0 Å². The van der Waals surface area contributed by atoms with E-state index >= 15 is 0 Å². The Morgan fingerprint density at radius 1 is 1.28 bits per heavy atom. The van der Waals surface area contributed by atoms with Crippen molar-refractivity contribution < 1.29 is 19.1 Å². The molecule has 102 valence electrons. The number of likely N-dealkylation sites (tertiary alicyclic amines) is 1. The zero-order valence-corrected chi connectivity index (χ0v) is 11.5. The van der Waals surface area contributed by atoms with Gasteiger partial charge in [-0.15, -0.1) is 0 Å². The van der Waals surface area contributed by atoms with Gasteiger partial charge >= 0.3 is 12.1 Å². The topological polar surface area (TPSA) is 55.8 Å². The summed E-state index contributed by atoms with van der Waals surface area (Å²) in [5.74, 6) is -0.343. The quantitative estimate of drug-likeness (QED) is 0.672. The van der Waals surface area contributed by atoms with E-state index in [2.05, 4.69) is 0 Å². The van der Waals surface area contributed by atoms with Gasteiger partial charge < -0.3 is 9.47 Å². The Bertz CT molecular complexity index is 368. The summed E-state index contributed by atoms with van der Waals surface area (Å²) in [4.78, 5) is 25.4. The van der Waals surface area contributed by atoms with Crippen molar-refractivity contribution in [1.29, 1.82) is 0 Å². The van der Waals surface area contributed by atoms with Gasteiger partial charge in [-0.3, -0.25) is 4.90 Å². The predicted octanol–water partition coefficient (Wildman–Crippen LogP) is 1.95. The van der Waals surface area contributed by atoms with Gasteiger partial charge in [-0.25, -0.2) is 9.59 Å². The molecule has 1 heterocycles. The summed E-state index contributed by atoms with van der Waals surface area (Å²) in [5, 5.41) is 0. The van der Waals surface area contributed by atoms with E-state index in [0.29, 0.717) is 13.0 Å². The molecule has 1 saturated heterocycles. The molecule has 2 aliphatic rings. The van der Waals surface area contributed by atoms with Crippen molar-refractivity contribution in [3.8, 4) is 0 Å². The number of esters is 1. The van der Waals surface area contributed by atoms with Crippen molar-refractivity contribution in [1.82, 2.24) is 4.90 Å². The van der Waals surface area contributed by atoms with Crippen LogP contribution >= 0.6 is 0 Å². The van der Waals surface area contributed by atoms with E-state index in [9.17, 15) is 9.59 Å². The minimum absolute atomic E-state index is 0.149. The van der Waals surface area contributed by atoms with Gasteiger partial charge in [0.15, 0.2) is 0 Å². The zero-order valence-electron chi connectivity index (χ0n) is 11.5. The standard InChI is InChI=1S/C13H21NO4/c1-12(2,3)18-11(16)14-8-13(5-6-13)7-9(14)10(15)17-4/h9H,5-8H2,1-4H3/t9-/m0/s1. The summed E-state index contributed by atoms with van der Waals surface area (Å²) in [6.45, 7) is 6.07. The molecule has 1 amide bonds. The summed E-state index contributed by atoms with van der Waals surface area (Å²) in [6.07, 6.45) is 2.46. The highest BCUT2D eigenvalue weighted by molar-refractivity contribution is 5.82. The van der Waals surface area contributed by atoms with Crippen LogP contribution in [-0.2, 0) is 14.3 Å². The lowest BCUT2D eigenvalue weighted by Gasteiger charge is -2.27. The summed E-state index contributed by atoms with van der Waals surface area (Å²) in [5.41, 5.74) is -0.396. The molecule has 0 N–H and O–H groups in total. The van der Waals surface area contributed by atoms with Crippen LogP contribution < -0.4 is 0 Å². The Kier molecular flexibility index (Phi) is 3.03. The highest BCUT2D eigenvalue weighted by Crippen LogP contribution is 2.55. The molecule has 1 aliphatic carbocycles. The SMILES string of the molecule is COC(=O)[C@@H]1CC2(CC2)CN1C(=O)OC(C)(C)C. The fraction of sp³-hybridized carbons (Fsp3) is 0.846. The Balaban J connectivity index is 2.09. The molecule has 0 bridgehead atoms. The third-order valence-electron chi connectivity index (χ3n) is 3.57. The fourth-order valence-electron chi connectivity index (χ4n) is 2.45. The smallest absolute Gasteiger partial charge is 0.411 e. The largest absolute Gasteiger partial charge is 0.467 e. The van der Waals surface area contributed by atoms with Crippen LogP contribution in [0.1, 0.15) is 40.0 Å². The first-order valence-electron chi connectivity index (χ1n) is 6.34. The van der Waals surface area contributed by atoms with Crippen LogP contribution in [0.25, 0.3) is 0 Å². The number of amides is 1. The maximum absolute atomic E-state index is 12.1. The molecule has 1 saturated carbocycles. The third kappa shape index (κ3) is 2.60. The number of rotatable bonds is 1. The van der Waals surface area contributed by atoms with Gasteiger partial charge in [-0.05, 0) is 45.4 Å². The van der Waals surface area contributed by atoms with Crippen LogP contribution in [0.4, 0.5) is 4.79 Å². The molecule has 0 aromatic rings. The van der Waals surface area contributed by atoms with Crippen LogP contribution in [0.2, 0.25) is 0 Å². The van der Waals surface area contributed by atoms with Gasteiger partial charge in [0.1, 0.15) is 11.6 Å². The van der Waals surface area contributed by atoms with E-state index < -0.39 is 17.7 Å². The Morgan fingerprint density at radius 3 is 2.33 bits per heavy atom. The number of carbonyl (C=O) groups excluding carboxylic acids is 2. The van der Waals surface area contributed by atoms with Crippen molar-refractivity contribution in [3.05, 3.63) is 0 Å². The molecule has 2 fully saturated rings. The first-order chi connectivity index (χ1) is 8.26. The van der Waals surface area contributed by atoms with E-state index in [1.807, 2.05) is 20.8 Å². The summed E-state index contributed by atoms with van der Waals surface area (Å²) in [6, 6.07) is -0.479. The molecule has 0 aromatic heterocycles. The second kappa shape index (κ2) is 4.14. The molecular weight excluding hydrogens is 234 g/mol. The third-order valence-corrected chi connectivity index (χ3v) is 3.57. The highest BCUT2D eigenvalue weighted by atomic mass is 16.6. The van der Waals surface area contributed by atoms with Gasteiger partial charge in [-0.1, -0.05) is 0 Å². The first-order valence-corrected chi connectivity index (χ1v) is 6.34. The molecule has 5 heteroatoms. The Labute approximate surface area is 107 Å². The maximum Gasteiger partial charge on any atom is 0.411 e. The van der Waals surface area contributed by atoms with E-state index in [-0.39, 0.29) is 11.4 Å². The minimum Gasteiger partial charge on any atom is -0.467 e. The van der Waals surface area contributed by atoms with Crippen molar-refractivity contribution in [2.75, 3.05) is 13.7 Å². The van der Waals surface area contributed by atoms with Crippen molar-refractivity contribution in [2.24, 2.45) is 5.41 Å². The second-order valence-electron chi connectivity index (χ2n) is 6.35. The number of methoxy groups -OCH3 is 1. The van der Waals surface area contributed by atoms with E-state index in [0.717, 1.165) is 12.8 Å². The molecule has 1 atom stereocenters. The van der Waals surface area contributed by atoms with Crippen LogP contribution in [0.15, 0.2) is 0 Å². The van der Waals surface area contributed by atoms with Gasteiger partial charge in [0.2, 0.25) is 0 Å². The molecule has 0 aromatic carbocycles. The van der Waals surface area contributed by atoms with Crippen molar-refractivity contribution >= 4 is 12.1 Å². The van der Waals surface area contributed by atoms with Gasteiger partial charge in [0.25, 0.3) is 0 Å². The van der Waals surface area contributed by atoms with Crippen molar-refractivity contribution in [3.63, 3.8) is 0 Å². The number of carbonyl (C=O) groups is 2. The Hall–Kier alpha value is -1.26. The van der Waals surface area contributed by atoms with Crippen LogP contribution in [0, 0.1) is 5.41 Å². The van der Waals surface area contributed by atoms with Gasteiger partial charge in [0.05, 0.1) is 7.11 Å². The summed E-state index contributed by atoms with van der Waals surface area (Å²) in [7, 11) is 1.35. The van der Waals surface area contributed by atoms with Gasteiger partial charge in [-0.2, -0.15) is 0 Å². The molecular formula is C13H21NO4. The number of hydrogen-bond acceptors (Lipinski definition) is 4. The molecule has 2 rings (SSSR count). The summed E-state index contributed by atoms with van der Waals surface area (Å²) >= 11 is 0. The van der Waals surface area contributed by atoms with Crippen LogP contribution in [0.3, 0.4) is 0 Å². The normalized spacial score (nSPS) is 25.1. The minimum atomic E-state index is -0.545. The van der Waals surface area contributed by atoms with E-state index in [4.69, 9.17) is 9.47 Å². The second-order valence-corrected chi connectivity index (χ2v) is 6.35. The number of nitrogens with zero attached hydrogens (tertiary/aromatic N) is 1. The van der Waals surface area contributed by atoms with E-state index in [1.54, 1.807) is 0 Å². The Morgan fingerprint density at radius 2 is 1.89 bits per heavy atom. The zero-order chi connectivity index (χ0) is 13.6. The monoisotopic (exact) mass is 255 g/mol. The summed E-state index contributed by atoms with van der Waals surface area (Å²) < 4.78 is 10.1. The average Bonchev–Trinajstić information content (AvgIpc) is 2.86. The lowest BCUT2D eigenvalue weighted by Crippen LogP contribution is -2.43.